The summed E-state index contributed by atoms with van der Waals surface area (Å²) in [4.78, 5) is 33.0. The molecule has 0 radical (unpaired) electrons. The molecule has 3 heterocycles. The fourth-order valence-corrected chi connectivity index (χ4v) is 4.78. The lowest BCUT2D eigenvalue weighted by atomic mass is 10.2. The number of aromatic nitrogens is 3. The number of hydrogen-bond donors (Lipinski definition) is 1. The van der Waals surface area contributed by atoms with Crippen molar-refractivity contribution >= 4 is 50.7 Å². The van der Waals surface area contributed by atoms with Crippen molar-refractivity contribution in [3.05, 3.63) is 75.5 Å². The van der Waals surface area contributed by atoms with E-state index in [1.165, 1.54) is 18.4 Å². The Labute approximate surface area is 199 Å². The molecular weight excluding hydrogens is 462 g/mol. The third-order valence-electron chi connectivity index (χ3n) is 4.98. The third-order valence-corrected chi connectivity index (χ3v) is 6.39. The first-order valence-electron chi connectivity index (χ1n) is 10.1. The number of ether oxygens (including phenoxy) is 1. The van der Waals surface area contributed by atoms with Crippen molar-refractivity contribution in [1.29, 1.82) is 0 Å². The number of anilines is 1. The molecule has 3 aromatic heterocycles. The number of benzene rings is 1. The highest BCUT2D eigenvalue weighted by Gasteiger charge is 2.23. The molecule has 0 saturated carbocycles. The van der Waals surface area contributed by atoms with Crippen molar-refractivity contribution in [3.8, 4) is 0 Å². The molecule has 0 bridgehead atoms. The zero-order valence-corrected chi connectivity index (χ0v) is 19.9. The Kier molecular flexibility index (Phi) is 6.73. The number of carbonyl (C=O) groups is 2. The molecule has 1 N–H and O–H groups in total. The van der Waals surface area contributed by atoms with Gasteiger partial charge in [-0.25, -0.2) is 9.78 Å². The molecule has 170 valence electrons. The number of nitrogens with one attached hydrogen (secondary N) is 1. The molecule has 0 unspecified atom stereocenters. The topological polar surface area (TPSA) is 89.3 Å². The van der Waals surface area contributed by atoms with Crippen LogP contribution in [0.25, 0.3) is 10.2 Å². The van der Waals surface area contributed by atoms with Crippen molar-refractivity contribution < 1.29 is 14.3 Å². The summed E-state index contributed by atoms with van der Waals surface area (Å²) in [6.45, 7) is 1.34. The summed E-state index contributed by atoms with van der Waals surface area (Å²) >= 11 is 7.34. The van der Waals surface area contributed by atoms with Gasteiger partial charge in [0.05, 0.1) is 35.3 Å². The number of aryl methyl sites for hydroxylation is 1. The average Bonchev–Trinajstić information content (AvgIpc) is 3.36. The highest BCUT2D eigenvalue weighted by atomic mass is 35.5. The molecule has 0 aliphatic heterocycles. The summed E-state index contributed by atoms with van der Waals surface area (Å²) in [5, 5.41) is 8.01. The number of hydrogen-bond acceptors (Lipinski definition) is 7. The number of amides is 1. The van der Waals surface area contributed by atoms with Gasteiger partial charge >= 0.3 is 5.97 Å². The number of nitrogens with zero attached hydrogens (tertiary/aromatic N) is 4. The van der Waals surface area contributed by atoms with E-state index in [1.54, 1.807) is 28.9 Å². The smallest absolute Gasteiger partial charge is 0.350 e. The van der Waals surface area contributed by atoms with Crippen molar-refractivity contribution in [3.63, 3.8) is 0 Å². The molecular formula is C23H22ClN5O3S. The van der Waals surface area contributed by atoms with Crippen LogP contribution in [0.1, 0.15) is 31.3 Å². The maximum atomic E-state index is 12.9. The first-order valence-corrected chi connectivity index (χ1v) is 11.3. The number of thiophene rings is 1. The van der Waals surface area contributed by atoms with Gasteiger partial charge in [0.1, 0.15) is 9.71 Å². The highest BCUT2D eigenvalue weighted by molar-refractivity contribution is 7.21. The average molecular weight is 484 g/mol. The van der Waals surface area contributed by atoms with Crippen LogP contribution in [0.4, 0.5) is 5.69 Å². The minimum atomic E-state index is -0.539. The quantitative estimate of drug-likeness (QED) is 0.393. The van der Waals surface area contributed by atoms with Crippen molar-refractivity contribution in [2.45, 2.75) is 13.1 Å². The van der Waals surface area contributed by atoms with E-state index in [0.717, 1.165) is 17.8 Å². The van der Waals surface area contributed by atoms with Gasteiger partial charge in [-0.05, 0) is 31.3 Å². The molecule has 4 aromatic rings. The summed E-state index contributed by atoms with van der Waals surface area (Å²) in [6.07, 6.45) is 3.81. The van der Waals surface area contributed by atoms with E-state index < -0.39 is 11.9 Å². The second-order valence-electron chi connectivity index (χ2n) is 7.58. The zero-order chi connectivity index (χ0) is 23.5. The summed E-state index contributed by atoms with van der Waals surface area (Å²) < 4.78 is 6.70. The number of halogens is 1. The number of fused-ring (bicyclic) bond motifs is 1. The number of methoxy groups -OCH3 is 1. The molecule has 1 amide bonds. The third kappa shape index (κ3) is 5.05. The summed E-state index contributed by atoms with van der Waals surface area (Å²) in [7, 11) is 5.19. The van der Waals surface area contributed by atoms with Crippen LogP contribution in [0, 0.1) is 0 Å². The van der Waals surface area contributed by atoms with E-state index in [-0.39, 0.29) is 4.88 Å². The fourth-order valence-electron chi connectivity index (χ4n) is 3.49. The lowest BCUT2D eigenvalue weighted by Gasteiger charge is -2.15. The van der Waals surface area contributed by atoms with E-state index in [1.807, 2.05) is 38.6 Å². The van der Waals surface area contributed by atoms with E-state index >= 15 is 0 Å². The van der Waals surface area contributed by atoms with Crippen LogP contribution >= 0.6 is 22.9 Å². The van der Waals surface area contributed by atoms with Crippen LogP contribution in [0.15, 0.2) is 48.8 Å². The lowest BCUT2D eigenvalue weighted by Crippen LogP contribution is -2.17. The first kappa shape index (κ1) is 22.9. The summed E-state index contributed by atoms with van der Waals surface area (Å²) in [5.74, 6) is -0.951. The maximum Gasteiger partial charge on any atom is 0.350 e. The Hall–Kier alpha value is -3.27. The largest absolute Gasteiger partial charge is 0.465 e. The molecule has 4 rings (SSSR count). The van der Waals surface area contributed by atoms with Gasteiger partial charge in [-0.15, -0.1) is 11.3 Å². The Balaban J connectivity index is 1.62. The van der Waals surface area contributed by atoms with Gasteiger partial charge in [-0.2, -0.15) is 5.10 Å². The molecule has 10 heteroatoms. The van der Waals surface area contributed by atoms with E-state index in [0.29, 0.717) is 33.0 Å². The standard InChI is InChI=1S/C23H22ClN5O3S/c1-28(11-14-10-25-29(2)12-14)13-15-8-9-17-19(20(23(31)32-3)33-22(17)26-15)27-21(30)16-6-4-5-7-18(16)24/h4-10,12H,11,13H2,1-3H3,(H,27,30). The van der Waals surface area contributed by atoms with Gasteiger partial charge in [0.15, 0.2) is 0 Å². The Morgan fingerprint density at radius 2 is 2.00 bits per heavy atom. The molecule has 33 heavy (non-hydrogen) atoms. The predicted octanol–water partition coefficient (Wildman–Crippen LogP) is 4.35. The van der Waals surface area contributed by atoms with Crippen LogP contribution in [0.2, 0.25) is 5.02 Å². The summed E-state index contributed by atoms with van der Waals surface area (Å²) in [6, 6.07) is 10.5. The first-order chi connectivity index (χ1) is 15.9. The van der Waals surface area contributed by atoms with Crippen molar-refractivity contribution in [2.75, 3.05) is 19.5 Å². The number of pyridine rings is 1. The minimum Gasteiger partial charge on any atom is -0.465 e. The van der Waals surface area contributed by atoms with Crippen LogP contribution in [0.3, 0.4) is 0 Å². The molecule has 8 nitrogen and oxygen atoms in total. The van der Waals surface area contributed by atoms with E-state index in [4.69, 9.17) is 21.3 Å². The van der Waals surface area contributed by atoms with Gasteiger partial charge in [0, 0.05) is 37.3 Å². The zero-order valence-electron chi connectivity index (χ0n) is 18.3. The SMILES string of the molecule is COC(=O)c1sc2nc(CN(C)Cc3cnn(C)c3)ccc2c1NC(=O)c1ccccc1Cl. The van der Waals surface area contributed by atoms with Gasteiger partial charge in [-0.1, -0.05) is 23.7 Å². The predicted molar refractivity (Wildman–Crippen MR) is 129 cm³/mol. The Morgan fingerprint density at radius 1 is 1.21 bits per heavy atom. The van der Waals surface area contributed by atoms with Crippen LogP contribution in [0.5, 0.6) is 0 Å². The van der Waals surface area contributed by atoms with Crippen LogP contribution in [-0.2, 0) is 24.9 Å². The highest BCUT2D eigenvalue weighted by Crippen LogP contribution is 2.36. The molecule has 0 fully saturated rings. The minimum absolute atomic E-state index is 0.279. The Bertz CT molecular complexity index is 1330. The molecule has 0 saturated heterocycles. The van der Waals surface area contributed by atoms with E-state index in [9.17, 15) is 9.59 Å². The number of esters is 1. The molecule has 0 aliphatic carbocycles. The molecule has 0 aliphatic rings. The normalized spacial score (nSPS) is 11.2. The number of carbonyl (C=O) groups excluding carboxylic acids is 2. The van der Waals surface area contributed by atoms with Crippen molar-refractivity contribution in [2.24, 2.45) is 7.05 Å². The van der Waals surface area contributed by atoms with E-state index in [2.05, 4.69) is 15.3 Å². The lowest BCUT2D eigenvalue weighted by molar-refractivity contribution is 0.0607. The second kappa shape index (κ2) is 9.70. The summed E-state index contributed by atoms with van der Waals surface area (Å²) in [5.41, 5.74) is 2.63. The van der Waals surface area contributed by atoms with Gasteiger partial charge in [0.2, 0.25) is 0 Å². The molecule has 1 aromatic carbocycles. The van der Waals surface area contributed by atoms with Crippen LogP contribution < -0.4 is 5.32 Å². The maximum absolute atomic E-state index is 12.9. The molecule has 0 atom stereocenters. The fraction of sp³-hybridized carbons (Fsp3) is 0.217. The van der Waals surface area contributed by atoms with Gasteiger partial charge in [-0.3, -0.25) is 14.4 Å². The van der Waals surface area contributed by atoms with Crippen molar-refractivity contribution in [1.82, 2.24) is 19.7 Å². The van der Waals surface area contributed by atoms with Gasteiger partial charge < -0.3 is 10.1 Å². The monoisotopic (exact) mass is 483 g/mol. The second-order valence-corrected chi connectivity index (χ2v) is 8.99. The van der Waals surface area contributed by atoms with Crippen LogP contribution in [-0.4, -0.2) is 45.7 Å². The Morgan fingerprint density at radius 3 is 2.70 bits per heavy atom. The molecule has 0 spiro atoms. The van der Waals surface area contributed by atoms with Gasteiger partial charge in [0.25, 0.3) is 5.91 Å². The number of rotatable bonds is 7.